The van der Waals surface area contributed by atoms with E-state index in [0.29, 0.717) is 17.9 Å². The van der Waals surface area contributed by atoms with Gasteiger partial charge in [0.05, 0.1) is 0 Å². The van der Waals surface area contributed by atoms with E-state index >= 15 is 0 Å². The Balaban J connectivity index is 1.97. The number of carbonyl (C=O) groups is 1. The molecular weight excluding hydrogens is 236 g/mol. The van der Waals surface area contributed by atoms with E-state index in [1.54, 1.807) is 0 Å². The molecule has 0 aromatic carbocycles. The van der Waals surface area contributed by atoms with E-state index in [4.69, 9.17) is 5.73 Å². The van der Waals surface area contributed by atoms with Crippen LogP contribution in [0.2, 0.25) is 0 Å². The first-order valence-corrected chi connectivity index (χ1v) is 8.03. The topological polar surface area (TPSA) is 46.3 Å². The SMILES string of the molecule is CC1CCCC(N(C)C(=O)C2CCCC(N)C2C)C1. The van der Waals surface area contributed by atoms with E-state index in [1.165, 1.54) is 25.7 Å². The first kappa shape index (κ1) is 14.8. The number of amides is 1. The summed E-state index contributed by atoms with van der Waals surface area (Å²) in [4.78, 5) is 14.8. The fourth-order valence-corrected chi connectivity index (χ4v) is 3.94. The third kappa shape index (κ3) is 3.31. The number of carbonyl (C=O) groups excluding carboxylic acids is 1. The molecule has 5 atom stereocenters. The Morgan fingerprint density at radius 1 is 1.11 bits per heavy atom. The molecule has 0 saturated heterocycles. The zero-order chi connectivity index (χ0) is 14.0. The van der Waals surface area contributed by atoms with Gasteiger partial charge in [0.2, 0.25) is 5.91 Å². The van der Waals surface area contributed by atoms with Gasteiger partial charge in [0.25, 0.3) is 0 Å². The average Bonchev–Trinajstić information content (AvgIpc) is 2.40. The molecule has 110 valence electrons. The van der Waals surface area contributed by atoms with Crippen LogP contribution in [0.3, 0.4) is 0 Å². The second-order valence-electron chi connectivity index (χ2n) is 6.94. The number of hydrogen-bond donors (Lipinski definition) is 1. The molecule has 1 amide bonds. The molecule has 2 aliphatic carbocycles. The largest absolute Gasteiger partial charge is 0.343 e. The van der Waals surface area contributed by atoms with Gasteiger partial charge in [-0.05, 0) is 37.5 Å². The summed E-state index contributed by atoms with van der Waals surface area (Å²) in [6, 6.07) is 0.669. The van der Waals surface area contributed by atoms with Crippen LogP contribution in [0.25, 0.3) is 0 Å². The molecule has 0 aromatic rings. The molecule has 2 rings (SSSR count). The van der Waals surface area contributed by atoms with Gasteiger partial charge in [-0.2, -0.15) is 0 Å². The lowest BCUT2D eigenvalue weighted by Gasteiger charge is -2.40. The summed E-state index contributed by atoms with van der Waals surface area (Å²) in [6.45, 7) is 4.47. The van der Waals surface area contributed by atoms with Crippen LogP contribution < -0.4 is 5.73 Å². The molecule has 0 spiro atoms. The number of nitrogens with zero attached hydrogens (tertiary/aromatic N) is 1. The lowest BCUT2D eigenvalue weighted by Crippen LogP contribution is -2.48. The van der Waals surface area contributed by atoms with Crippen LogP contribution in [-0.4, -0.2) is 29.9 Å². The highest BCUT2D eigenvalue weighted by atomic mass is 16.2. The average molecular weight is 266 g/mol. The van der Waals surface area contributed by atoms with Crippen LogP contribution in [0, 0.1) is 17.8 Å². The predicted octanol–water partition coefficient (Wildman–Crippen LogP) is 2.79. The molecule has 0 radical (unpaired) electrons. The molecular formula is C16H30N2O. The molecule has 0 aliphatic heterocycles. The quantitative estimate of drug-likeness (QED) is 0.835. The highest BCUT2D eigenvalue weighted by Gasteiger charge is 2.36. The van der Waals surface area contributed by atoms with Gasteiger partial charge in [-0.3, -0.25) is 4.79 Å². The van der Waals surface area contributed by atoms with Crippen molar-refractivity contribution in [1.29, 1.82) is 0 Å². The minimum absolute atomic E-state index is 0.158. The summed E-state index contributed by atoms with van der Waals surface area (Å²) in [5.74, 6) is 1.61. The maximum atomic E-state index is 12.7. The monoisotopic (exact) mass is 266 g/mol. The van der Waals surface area contributed by atoms with Crippen LogP contribution in [-0.2, 0) is 4.79 Å². The molecule has 2 fully saturated rings. The normalized spacial score (nSPS) is 39.9. The minimum Gasteiger partial charge on any atom is -0.343 e. The second-order valence-corrected chi connectivity index (χ2v) is 6.94. The number of hydrogen-bond acceptors (Lipinski definition) is 2. The Hall–Kier alpha value is -0.570. The van der Waals surface area contributed by atoms with E-state index in [9.17, 15) is 4.79 Å². The van der Waals surface area contributed by atoms with Gasteiger partial charge in [-0.1, -0.05) is 33.1 Å². The highest BCUT2D eigenvalue weighted by Crippen LogP contribution is 2.33. The molecule has 0 bridgehead atoms. The van der Waals surface area contributed by atoms with E-state index < -0.39 is 0 Å². The Kier molecular flexibility index (Phi) is 4.88. The zero-order valence-corrected chi connectivity index (χ0v) is 12.8. The first-order valence-electron chi connectivity index (χ1n) is 8.03. The summed E-state index contributed by atoms with van der Waals surface area (Å²) in [7, 11) is 2.01. The van der Waals surface area contributed by atoms with Crippen molar-refractivity contribution in [3.8, 4) is 0 Å². The van der Waals surface area contributed by atoms with Gasteiger partial charge in [0.15, 0.2) is 0 Å². The zero-order valence-electron chi connectivity index (χ0n) is 12.8. The predicted molar refractivity (Wildman–Crippen MR) is 78.7 cm³/mol. The van der Waals surface area contributed by atoms with Crippen molar-refractivity contribution in [2.45, 2.75) is 70.9 Å². The number of rotatable bonds is 2. The van der Waals surface area contributed by atoms with Gasteiger partial charge in [-0.25, -0.2) is 0 Å². The van der Waals surface area contributed by atoms with E-state index in [0.717, 1.165) is 25.2 Å². The van der Waals surface area contributed by atoms with Crippen LogP contribution in [0.5, 0.6) is 0 Å². The molecule has 19 heavy (non-hydrogen) atoms. The summed E-state index contributed by atoms with van der Waals surface area (Å²) in [5, 5.41) is 0. The van der Waals surface area contributed by atoms with Gasteiger partial charge in [-0.15, -0.1) is 0 Å². The molecule has 2 aliphatic rings. The van der Waals surface area contributed by atoms with E-state index in [2.05, 4.69) is 18.7 Å². The maximum absolute atomic E-state index is 12.7. The van der Waals surface area contributed by atoms with Crippen molar-refractivity contribution in [3.63, 3.8) is 0 Å². The Morgan fingerprint density at radius 2 is 1.79 bits per heavy atom. The van der Waals surface area contributed by atoms with Gasteiger partial charge in [0, 0.05) is 25.0 Å². The maximum Gasteiger partial charge on any atom is 0.225 e. The van der Waals surface area contributed by atoms with Crippen LogP contribution in [0.1, 0.15) is 58.8 Å². The van der Waals surface area contributed by atoms with Crippen molar-refractivity contribution in [3.05, 3.63) is 0 Å². The second kappa shape index (κ2) is 6.25. The molecule has 3 nitrogen and oxygen atoms in total. The lowest BCUT2D eigenvalue weighted by atomic mass is 9.76. The number of nitrogens with two attached hydrogens (primary N) is 1. The van der Waals surface area contributed by atoms with Gasteiger partial charge >= 0.3 is 0 Å². The van der Waals surface area contributed by atoms with Crippen molar-refractivity contribution in [1.82, 2.24) is 4.90 Å². The Morgan fingerprint density at radius 3 is 2.47 bits per heavy atom. The third-order valence-electron chi connectivity index (χ3n) is 5.48. The third-order valence-corrected chi connectivity index (χ3v) is 5.48. The standard InChI is InChI=1S/C16H30N2O/c1-11-6-4-7-13(10-11)18(3)16(19)14-8-5-9-15(17)12(14)2/h11-15H,4-10,17H2,1-3H3. The van der Waals surface area contributed by atoms with E-state index in [-0.39, 0.29) is 12.0 Å². The van der Waals surface area contributed by atoms with Gasteiger partial charge < -0.3 is 10.6 Å². The molecule has 2 N–H and O–H groups in total. The molecule has 0 heterocycles. The van der Waals surface area contributed by atoms with Crippen molar-refractivity contribution < 1.29 is 4.79 Å². The molecule has 3 heteroatoms. The van der Waals surface area contributed by atoms with Crippen molar-refractivity contribution in [2.24, 2.45) is 23.5 Å². The lowest BCUT2D eigenvalue weighted by molar-refractivity contribution is -0.140. The summed E-state index contributed by atoms with van der Waals surface area (Å²) in [5.41, 5.74) is 6.14. The molecule has 5 unspecified atom stereocenters. The van der Waals surface area contributed by atoms with Crippen LogP contribution in [0.4, 0.5) is 0 Å². The fourth-order valence-electron chi connectivity index (χ4n) is 3.94. The van der Waals surface area contributed by atoms with E-state index in [1.807, 2.05) is 7.05 Å². The fraction of sp³-hybridized carbons (Fsp3) is 0.938. The molecule has 0 aromatic heterocycles. The molecule has 2 saturated carbocycles. The first-order chi connectivity index (χ1) is 9.00. The van der Waals surface area contributed by atoms with Crippen LogP contribution >= 0.6 is 0 Å². The minimum atomic E-state index is 0.158. The highest BCUT2D eigenvalue weighted by molar-refractivity contribution is 5.79. The smallest absolute Gasteiger partial charge is 0.225 e. The summed E-state index contributed by atoms with van der Waals surface area (Å²) in [6.07, 6.45) is 8.16. The summed E-state index contributed by atoms with van der Waals surface area (Å²) < 4.78 is 0. The van der Waals surface area contributed by atoms with Crippen molar-refractivity contribution >= 4 is 5.91 Å². The van der Waals surface area contributed by atoms with Gasteiger partial charge in [0.1, 0.15) is 0 Å². The Labute approximate surface area is 117 Å². The van der Waals surface area contributed by atoms with Crippen molar-refractivity contribution in [2.75, 3.05) is 7.05 Å². The summed E-state index contributed by atoms with van der Waals surface area (Å²) >= 11 is 0. The Bertz CT molecular complexity index is 318. The van der Waals surface area contributed by atoms with Crippen LogP contribution in [0.15, 0.2) is 0 Å².